The molecule has 0 atom stereocenters. The first-order valence-electron chi connectivity index (χ1n) is 3.28. The predicted octanol–water partition coefficient (Wildman–Crippen LogP) is 2.91. The molecule has 0 radical (unpaired) electrons. The largest absolute Gasteiger partial charge is 0.150 e. The molecule has 0 unspecified atom stereocenters. The fourth-order valence-electron chi connectivity index (χ4n) is 0.809. The second kappa shape index (κ2) is 3.49. The van der Waals surface area contributed by atoms with Gasteiger partial charge in [-0.05, 0) is 24.1 Å². The topological polar surface area (TPSA) is 29.4 Å². The van der Waals surface area contributed by atoms with Gasteiger partial charge in [-0.15, -0.1) is 0 Å². The number of nitroso groups, excluding NO2 is 1. The van der Waals surface area contributed by atoms with E-state index in [2.05, 4.69) is 5.18 Å². The smallest absolute Gasteiger partial charge is 0.106 e. The van der Waals surface area contributed by atoms with E-state index in [0.717, 1.165) is 11.1 Å². The van der Waals surface area contributed by atoms with Crippen LogP contribution in [-0.4, -0.2) is 0 Å². The van der Waals surface area contributed by atoms with E-state index in [1.54, 1.807) is 6.07 Å². The maximum atomic E-state index is 9.88. The van der Waals surface area contributed by atoms with Gasteiger partial charge in [0.1, 0.15) is 6.54 Å². The van der Waals surface area contributed by atoms with Crippen LogP contribution in [0.15, 0.2) is 23.4 Å². The van der Waals surface area contributed by atoms with Gasteiger partial charge in [-0.25, -0.2) is 0 Å². The van der Waals surface area contributed by atoms with E-state index in [-0.39, 0.29) is 6.54 Å². The molecule has 1 rings (SSSR count). The van der Waals surface area contributed by atoms with Crippen LogP contribution in [0.1, 0.15) is 11.1 Å². The standard InChI is InChI=1S/C8H8ClNO/c1-6-2-3-7(5-10-11)4-8(6)9/h2-4H,5H2,1H3. The van der Waals surface area contributed by atoms with Crippen molar-refractivity contribution >= 4 is 11.6 Å². The van der Waals surface area contributed by atoms with Crippen molar-refractivity contribution < 1.29 is 0 Å². The van der Waals surface area contributed by atoms with Gasteiger partial charge in [0, 0.05) is 5.02 Å². The maximum absolute atomic E-state index is 9.88. The predicted molar refractivity (Wildman–Crippen MR) is 45.7 cm³/mol. The molecule has 0 spiro atoms. The Bertz CT molecular complexity index is 273. The number of nitrogens with zero attached hydrogens (tertiary/aromatic N) is 1. The first kappa shape index (κ1) is 8.21. The van der Waals surface area contributed by atoms with E-state index in [9.17, 15) is 4.91 Å². The summed E-state index contributed by atoms with van der Waals surface area (Å²) in [5.41, 5.74) is 1.87. The molecular formula is C8H8ClNO. The molecule has 0 amide bonds. The Labute approximate surface area is 70.2 Å². The molecule has 0 saturated heterocycles. The van der Waals surface area contributed by atoms with E-state index in [4.69, 9.17) is 11.6 Å². The molecular weight excluding hydrogens is 162 g/mol. The minimum atomic E-state index is 0.194. The van der Waals surface area contributed by atoms with E-state index in [1.807, 2.05) is 19.1 Å². The van der Waals surface area contributed by atoms with Crippen molar-refractivity contribution in [3.63, 3.8) is 0 Å². The van der Waals surface area contributed by atoms with Crippen molar-refractivity contribution in [2.45, 2.75) is 13.5 Å². The molecule has 0 bridgehead atoms. The Morgan fingerprint density at radius 1 is 1.55 bits per heavy atom. The normalized spacial score (nSPS) is 9.64. The summed E-state index contributed by atoms with van der Waals surface area (Å²) in [6, 6.07) is 5.49. The van der Waals surface area contributed by atoms with Crippen LogP contribution in [0.4, 0.5) is 0 Å². The summed E-state index contributed by atoms with van der Waals surface area (Å²) in [5.74, 6) is 0. The van der Waals surface area contributed by atoms with E-state index >= 15 is 0 Å². The van der Waals surface area contributed by atoms with Crippen LogP contribution in [0, 0.1) is 11.8 Å². The molecule has 11 heavy (non-hydrogen) atoms. The van der Waals surface area contributed by atoms with Crippen molar-refractivity contribution in [3.05, 3.63) is 39.3 Å². The highest BCUT2D eigenvalue weighted by Crippen LogP contribution is 2.16. The fourth-order valence-corrected chi connectivity index (χ4v) is 1.01. The van der Waals surface area contributed by atoms with Crippen molar-refractivity contribution in [3.8, 4) is 0 Å². The summed E-state index contributed by atoms with van der Waals surface area (Å²) in [5, 5.41) is 3.45. The first-order chi connectivity index (χ1) is 5.24. The van der Waals surface area contributed by atoms with Crippen molar-refractivity contribution in [2.24, 2.45) is 5.18 Å². The minimum absolute atomic E-state index is 0.194. The SMILES string of the molecule is Cc1ccc(CN=O)cc1Cl. The lowest BCUT2D eigenvalue weighted by Crippen LogP contribution is -1.81. The third kappa shape index (κ3) is 2.02. The van der Waals surface area contributed by atoms with E-state index < -0.39 is 0 Å². The van der Waals surface area contributed by atoms with Gasteiger partial charge in [0.15, 0.2) is 0 Å². The quantitative estimate of drug-likeness (QED) is 0.626. The van der Waals surface area contributed by atoms with Gasteiger partial charge < -0.3 is 0 Å². The highest BCUT2D eigenvalue weighted by Gasteiger charge is 1.96. The number of hydrogen-bond donors (Lipinski definition) is 0. The highest BCUT2D eigenvalue weighted by atomic mass is 35.5. The minimum Gasteiger partial charge on any atom is -0.150 e. The molecule has 0 aromatic heterocycles. The lowest BCUT2D eigenvalue weighted by atomic mass is 10.1. The molecule has 2 nitrogen and oxygen atoms in total. The summed E-state index contributed by atoms with van der Waals surface area (Å²) < 4.78 is 0. The van der Waals surface area contributed by atoms with Crippen LogP contribution in [0.3, 0.4) is 0 Å². The summed E-state index contributed by atoms with van der Waals surface area (Å²) in [6.45, 7) is 2.11. The van der Waals surface area contributed by atoms with Crippen LogP contribution < -0.4 is 0 Å². The Kier molecular flexibility index (Phi) is 2.60. The third-order valence-electron chi connectivity index (χ3n) is 1.48. The van der Waals surface area contributed by atoms with E-state index in [0.29, 0.717) is 5.02 Å². The number of halogens is 1. The number of benzene rings is 1. The second-order valence-electron chi connectivity index (χ2n) is 2.37. The van der Waals surface area contributed by atoms with Crippen molar-refractivity contribution in [1.82, 2.24) is 0 Å². The molecule has 1 aromatic rings. The summed E-state index contributed by atoms with van der Waals surface area (Å²) in [4.78, 5) is 9.88. The van der Waals surface area contributed by atoms with Crippen LogP contribution >= 0.6 is 11.6 Å². The van der Waals surface area contributed by atoms with Gasteiger partial charge in [-0.3, -0.25) is 0 Å². The molecule has 0 aliphatic heterocycles. The van der Waals surface area contributed by atoms with Gasteiger partial charge in [-0.2, -0.15) is 4.91 Å². The van der Waals surface area contributed by atoms with Gasteiger partial charge in [0.2, 0.25) is 0 Å². The number of rotatable bonds is 2. The molecule has 0 saturated carbocycles. The monoisotopic (exact) mass is 169 g/mol. The third-order valence-corrected chi connectivity index (χ3v) is 1.89. The maximum Gasteiger partial charge on any atom is 0.106 e. The average molecular weight is 170 g/mol. The Balaban J connectivity index is 2.95. The highest BCUT2D eigenvalue weighted by molar-refractivity contribution is 6.31. The van der Waals surface area contributed by atoms with Crippen molar-refractivity contribution in [2.75, 3.05) is 0 Å². The molecule has 0 fully saturated rings. The first-order valence-corrected chi connectivity index (χ1v) is 3.66. The van der Waals surface area contributed by atoms with Crippen LogP contribution in [0.25, 0.3) is 0 Å². The molecule has 3 heteroatoms. The summed E-state index contributed by atoms with van der Waals surface area (Å²) in [6.07, 6.45) is 0. The van der Waals surface area contributed by atoms with Crippen LogP contribution in [-0.2, 0) is 6.54 Å². The average Bonchev–Trinajstić information content (AvgIpc) is 1.98. The Hall–Kier alpha value is -0.890. The molecule has 0 heterocycles. The van der Waals surface area contributed by atoms with Gasteiger partial charge >= 0.3 is 0 Å². The van der Waals surface area contributed by atoms with Gasteiger partial charge in [-0.1, -0.05) is 28.9 Å². The summed E-state index contributed by atoms with van der Waals surface area (Å²) >= 11 is 5.81. The fraction of sp³-hybridized carbons (Fsp3) is 0.250. The van der Waals surface area contributed by atoms with Gasteiger partial charge in [0.25, 0.3) is 0 Å². The van der Waals surface area contributed by atoms with Crippen molar-refractivity contribution in [1.29, 1.82) is 0 Å². The molecule has 0 aliphatic rings. The molecule has 0 aliphatic carbocycles. The second-order valence-corrected chi connectivity index (χ2v) is 2.78. The number of hydrogen-bond acceptors (Lipinski definition) is 2. The Morgan fingerprint density at radius 3 is 2.82 bits per heavy atom. The lowest BCUT2D eigenvalue weighted by Gasteiger charge is -1.98. The number of aryl methyl sites for hydroxylation is 1. The lowest BCUT2D eigenvalue weighted by molar-refractivity contribution is 1.05. The van der Waals surface area contributed by atoms with Crippen LogP contribution in [0.2, 0.25) is 5.02 Å². The molecule has 0 N–H and O–H groups in total. The summed E-state index contributed by atoms with van der Waals surface area (Å²) in [7, 11) is 0. The van der Waals surface area contributed by atoms with E-state index in [1.165, 1.54) is 0 Å². The van der Waals surface area contributed by atoms with Gasteiger partial charge in [0.05, 0.1) is 0 Å². The molecule has 1 aromatic carbocycles. The zero-order valence-corrected chi connectivity index (χ0v) is 6.93. The van der Waals surface area contributed by atoms with Crippen LogP contribution in [0.5, 0.6) is 0 Å². The zero-order chi connectivity index (χ0) is 8.27. The molecule has 58 valence electrons. The zero-order valence-electron chi connectivity index (χ0n) is 6.17. The Morgan fingerprint density at radius 2 is 2.27 bits per heavy atom.